The van der Waals surface area contributed by atoms with Crippen molar-refractivity contribution in [3.05, 3.63) is 17.6 Å². The van der Waals surface area contributed by atoms with Gasteiger partial charge in [-0.2, -0.15) is 0 Å². The summed E-state index contributed by atoms with van der Waals surface area (Å²) in [5, 5.41) is 20.8. The molecule has 1 saturated carbocycles. The largest absolute Gasteiger partial charge is 0.388 e. The molecule has 0 aliphatic heterocycles. The zero-order valence-electron chi connectivity index (χ0n) is 14.3. The van der Waals surface area contributed by atoms with Crippen LogP contribution in [0.1, 0.15) is 28.6 Å². The maximum absolute atomic E-state index is 11.8. The predicted molar refractivity (Wildman–Crippen MR) is 92.6 cm³/mol. The zero-order chi connectivity index (χ0) is 20.1. The maximum atomic E-state index is 11.8. The number of carbonyl (C=O) groups is 1. The third-order valence-electron chi connectivity index (χ3n) is 4.49. The van der Waals surface area contributed by atoms with Crippen LogP contribution in [0, 0.1) is 6.92 Å². The van der Waals surface area contributed by atoms with Crippen molar-refractivity contribution < 1.29 is 34.1 Å². The molecular weight excluding hydrogens is 381 g/mol. The third-order valence-corrected chi connectivity index (χ3v) is 4.98. The highest BCUT2D eigenvalue weighted by Gasteiger charge is 2.44. The van der Waals surface area contributed by atoms with Crippen LogP contribution in [0.25, 0.3) is 11.0 Å². The van der Waals surface area contributed by atoms with Crippen molar-refractivity contribution in [2.45, 2.75) is 37.7 Å². The summed E-state index contributed by atoms with van der Waals surface area (Å²) in [4.78, 5) is 37.9. The number of ether oxygens (including phenoxy) is 1. The van der Waals surface area contributed by atoms with Crippen LogP contribution in [0.5, 0.6) is 0 Å². The molecule has 12 nitrogen and oxygen atoms in total. The van der Waals surface area contributed by atoms with Gasteiger partial charge < -0.3 is 40.8 Å². The topological polar surface area (TPSA) is 207 Å². The van der Waals surface area contributed by atoms with Crippen LogP contribution >= 0.6 is 7.60 Å². The monoisotopic (exact) mass is 401 g/mol. The summed E-state index contributed by atoms with van der Waals surface area (Å²) >= 11 is 0. The summed E-state index contributed by atoms with van der Waals surface area (Å²) in [5.74, 6) is -0.384. The number of carbonyl (C=O) groups excluding carboxylic acids is 1. The second-order valence-corrected chi connectivity index (χ2v) is 8.04. The minimum Gasteiger partial charge on any atom is -0.388 e. The van der Waals surface area contributed by atoms with Crippen molar-refractivity contribution >= 4 is 30.4 Å². The Morgan fingerprint density at radius 1 is 1.37 bits per heavy atom. The number of hydrogen-bond donors (Lipinski definition) is 6. The van der Waals surface area contributed by atoms with Gasteiger partial charge in [-0.1, -0.05) is 0 Å². The van der Waals surface area contributed by atoms with E-state index in [0.29, 0.717) is 5.82 Å². The highest BCUT2D eigenvalue weighted by atomic mass is 31.2. The van der Waals surface area contributed by atoms with Gasteiger partial charge in [0.1, 0.15) is 35.8 Å². The molecule has 8 N–H and O–H groups in total. The lowest BCUT2D eigenvalue weighted by Gasteiger charge is -2.18. The number of nitrogen functional groups attached to an aromatic ring is 1. The van der Waals surface area contributed by atoms with Gasteiger partial charge in [0.2, 0.25) is 0 Å². The van der Waals surface area contributed by atoms with Gasteiger partial charge in [0.05, 0.1) is 23.1 Å². The van der Waals surface area contributed by atoms with Crippen molar-refractivity contribution in [1.82, 2.24) is 14.5 Å². The quantitative estimate of drug-likeness (QED) is 0.323. The van der Waals surface area contributed by atoms with E-state index in [9.17, 15) is 19.6 Å². The SMILES string of the molecule is Cc1nc(N)c2c(C(N)=O)cn([C@@H]3C[C@H](OCP(=O)(O)O)[C@@H](O)[C@H]3O)c2n1. The van der Waals surface area contributed by atoms with Gasteiger partial charge in [0.15, 0.2) is 0 Å². The van der Waals surface area contributed by atoms with E-state index in [1.165, 1.54) is 10.8 Å². The minimum atomic E-state index is -4.44. The molecule has 13 heteroatoms. The fraction of sp³-hybridized carbons (Fsp3) is 0.500. The number of nitrogens with zero attached hydrogens (tertiary/aromatic N) is 3. The Hall–Kier alpha value is -2.08. The zero-order valence-corrected chi connectivity index (χ0v) is 15.2. The Morgan fingerprint density at radius 3 is 2.63 bits per heavy atom. The number of aromatic nitrogens is 3. The molecule has 0 saturated heterocycles. The van der Waals surface area contributed by atoms with Crippen molar-refractivity contribution in [2.75, 3.05) is 12.1 Å². The molecule has 1 fully saturated rings. The van der Waals surface area contributed by atoms with Gasteiger partial charge in [-0.3, -0.25) is 9.36 Å². The van der Waals surface area contributed by atoms with E-state index >= 15 is 0 Å². The van der Waals surface area contributed by atoms with E-state index in [1.54, 1.807) is 6.92 Å². The molecule has 1 aliphatic rings. The van der Waals surface area contributed by atoms with Crippen molar-refractivity contribution in [3.63, 3.8) is 0 Å². The molecule has 0 bridgehead atoms. The maximum Gasteiger partial charge on any atom is 0.350 e. The van der Waals surface area contributed by atoms with Gasteiger partial charge in [-0.15, -0.1) is 0 Å². The second-order valence-electron chi connectivity index (χ2n) is 6.45. The highest BCUT2D eigenvalue weighted by molar-refractivity contribution is 7.51. The van der Waals surface area contributed by atoms with Crippen LogP contribution in [0.4, 0.5) is 5.82 Å². The van der Waals surface area contributed by atoms with Gasteiger partial charge >= 0.3 is 7.60 Å². The van der Waals surface area contributed by atoms with E-state index in [-0.39, 0.29) is 28.8 Å². The summed E-state index contributed by atoms with van der Waals surface area (Å²) < 4.78 is 17.5. The number of aryl methyl sites for hydroxylation is 1. The number of amides is 1. The van der Waals surface area contributed by atoms with Gasteiger partial charge in [0, 0.05) is 6.20 Å². The Labute approximate surface area is 152 Å². The van der Waals surface area contributed by atoms with Gasteiger partial charge in [0.25, 0.3) is 5.91 Å². The normalized spacial score (nSPS) is 26.0. The molecule has 4 atom stereocenters. The summed E-state index contributed by atoms with van der Waals surface area (Å²) in [5.41, 5.74) is 11.6. The van der Waals surface area contributed by atoms with Crippen molar-refractivity contribution in [2.24, 2.45) is 5.73 Å². The van der Waals surface area contributed by atoms with Crippen molar-refractivity contribution in [1.29, 1.82) is 0 Å². The Kier molecular flexibility index (Phi) is 4.97. The predicted octanol–water partition coefficient (Wildman–Crippen LogP) is -1.39. The third kappa shape index (κ3) is 3.68. The fourth-order valence-corrected chi connectivity index (χ4v) is 3.72. The standard InChI is InChI=1S/C14H20N5O7P/c1-5-17-12(15)9-6(13(16)22)3-19(14(9)18-5)7-2-8(11(21)10(7)20)26-4-27(23,24)25/h3,7-8,10-11,20-21H,2,4H2,1H3,(H2,16,22)(H2,15,17,18)(H2,23,24,25)/t7-,8+,10+,11-/m1/s1. The first-order valence-corrected chi connectivity index (χ1v) is 9.76. The Bertz CT molecular complexity index is 942. The average Bonchev–Trinajstić information content (AvgIpc) is 3.04. The van der Waals surface area contributed by atoms with Crippen LogP contribution < -0.4 is 11.5 Å². The van der Waals surface area contributed by atoms with E-state index < -0.39 is 44.2 Å². The fourth-order valence-electron chi connectivity index (χ4n) is 3.33. The number of aliphatic hydroxyl groups excluding tert-OH is 2. The molecule has 2 aromatic rings. The van der Waals surface area contributed by atoms with E-state index in [4.69, 9.17) is 26.0 Å². The van der Waals surface area contributed by atoms with E-state index in [1.807, 2.05) is 0 Å². The molecule has 2 heterocycles. The molecular formula is C14H20N5O7P. The second kappa shape index (κ2) is 6.82. The molecule has 1 amide bonds. The van der Waals surface area contributed by atoms with Crippen LogP contribution in [0.15, 0.2) is 6.20 Å². The smallest absolute Gasteiger partial charge is 0.350 e. The van der Waals surface area contributed by atoms with Crippen LogP contribution in [0.2, 0.25) is 0 Å². The van der Waals surface area contributed by atoms with Gasteiger partial charge in [-0.25, -0.2) is 9.97 Å². The molecule has 0 spiro atoms. The number of anilines is 1. The molecule has 0 radical (unpaired) electrons. The minimum absolute atomic E-state index is 0.0211. The van der Waals surface area contributed by atoms with Crippen LogP contribution in [-0.4, -0.2) is 65.1 Å². The first kappa shape index (κ1) is 19.7. The number of rotatable bonds is 5. The average molecular weight is 401 g/mol. The first-order valence-electron chi connectivity index (χ1n) is 7.96. The van der Waals surface area contributed by atoms with E-state index in [0.717, 1.165) is 0 Å². The Balaban J connectivity index is 2.02. The van der Waals surface area contributed by atoms with E-state index in [2.05, 4.69) is 9.97 Å². The van der Waals surface area contributed by atoms with Gasteiger partial charge in [-0.05, 0) is 13.3 Å². The summed E-state index contributed by atoms with van der Waals surface area (Å²) in [6.45, 7) is 1.60. The summed E-state index contributed by atoms with van der Waals surface area (Å²) in [6.07, 6.45) is -3.25. The highest BCUT2D eigenvalue weighted by Crippen LogP contribution is 2.40. The number of nitrogens with two attached hydrogens (primary N) is 2. The van der Waals surface area contributed by atoms with Crippen LogP contribution in [0.3, 0.4) is 0 Å². The Morgan fingerprint density at radius 2 is 2.04 bits per heavy atom. The van der Waals surface area contributed by atoms with Crippen molar-refractivity contribution in [3.8, 4) is 0 Å². The first-order chi connectivity index (χ1) is 12.5. The molecule has 1 aliphatic carbocycles. The molecule has 2 aromatic heterocycles. The summed E-state index contributed by atoms with van der Waals surface area (Å²) in [7, 11) is -4.44. The molecule has 148 valence electrons. The molecule has 0 unspecified atom stereocenters. The number of fused-ring (bicyclic) bond motifs is 1. The lowest BCUT2D eigenvalue weighted by molar-refractivity contribution is -0.0478. The molecule has 3 rings (SSSR count). The van der Waals surface area contributed by atoms with Crippen LogP contribution in [-0.2, 0) is 9.30 Å². The molecule has 0 aromatic carbocycles. The number of hydrogen-bond acceptors (Lipinski definition) is 8. The summed E-state index contributed by atoms with van der Waals surface area (Å²) in [6, 6.07) is -0.786. The molecule has 27 heavy (non-hydrogen) atoms. The lowest BCUT2D eigenvalue weighted by Crippen LogP contribution is -2.33. The lowest BCUT2D eigenvalue weighted by atomic mass is 10.2. The number of aliphatic hydroxyl groups is 2. The number of primary amides is 1.